The second kappa shape index (κ2) is 11.2. The first kappa shape index (κ1) is 28.8. The molecule has 4 heteroatoms. The van der Waals surface area contributed by atoms with E-state index >= 15 is 0 Å². The topological polar surface area (TPSA) is 35.6 Å². The Bertz CT molecular complexity index is 3130. The lowest BCUT2D eigenvalue weighted by Crippen LogP contribution is -1.99. The highest BCUT2D eigenvalue weighted by Crippen LogP contribution is 2.38. The normalized spacial score (nSPS) is 11.8. The van der Waals surface area contributed by atoms with E-state index in [0.717, 1.165) is 60.9 Å². The lowest BCUT2D eigenvalue weighted by molar-refractivity contribution is 1.15. The molecule has 0 N–H and O–H groups in total. The second-order valence-electron chi connectivity index (χ2n) is 13.4. The molecule has 0 aliphatic heterocycles. The molecule has 0 bridgehead atoms. The van der Waals surface area contributed by atoms with Gasteiger partial charge in [-0.2, -0.15) is 0 Å². The Balaban J connectivity index is 1.15. The molecule has 0 spiro atoms. The molecule has 4 nitrogen and oxygen atoms in total. The summed E-state index contributed by atoms with van der Waals surface area (Å²) in [4.78, 5) is 10.6. The van der Waals surface area contributed by atoms with Crippen LogP contribution in [-0.2, 0) is 0 Å². The molecule has 0 saturated carbocycles. The van der Waals surface area contributed by atoms with Crippen LogP contribution in [0.5, 0.6) is 0 Å². The summed E-state index contributed by atoms with van der Waals surface area (Å²) in [5.74, 6) is 0.705. The van der Waals surface area contributed by atoms with Crippen LogP contribution >= 0.6 is 0 Å². The molecular formula is C48H30N4. The van der Waals surface area contributed by atoms with E-state index in [0.29, 0.717) is 5.82 Å². The Morgan fingerprint density at radius 1 is 0.327 bits per heavy atom. The van der Waals surface area contributed by atoms with Gasteiger partial charge in [-0.15, -0.1) is 0 Å². The molecule has 8 aromatic carbocycles. The monoisotopic (exact) mass is 662 g/mol. The Morgan fingerprint density at radius 2 is 0.865 bits per heavy atom. The maximum absolute atomic E-state index is 5.29. The number of nitrogens with zero attached hydrogens (tertiary/aromatic N) is 4. The fourth-order valence-electron chi connectivity index (χ4n) is 8.17. The summed E-state index contributed by atoms with van der Waals surface area (Å²) in [6.07, 6.45) is 0. The number of hydrogen-bond donors (Lipinski definition) is 0. The van der Waals surface area contributed by atoms with Crippen molar-refractivity contribution in [3.63, 3.8) is 0 Å². The summed E-state index contributed by atoms with van der Waals surface area (Å²) in [5.41, 5.74) is 10.8. The molecule has 3 heterocycles. The van der Waals surface area contributed by atoms with Gasteiger partial charge in [0.1, 0.15) is 0 Å². The van der Waals surface area contributed by atoms with Crippen molar-refractivity contribution in [2.45, 2.75) is 0 Å². The quantitative estimate of drug-likeness (QED) is 0.176. The molecule has 0 radical (unpaired) electrons. The number of fused-ring (bicyclic) bond motifs is 9. The molecule has 0 unspecified atom stereocenters. The summed E-state index contributed by atoms with van der Waals surface area (Å²) >= 11 is 0. The van der Waals surface area contributed by atoms with Gasteiger partial charge >= 0.3 is 0 Å². The van der Waals surface area contributed by atoms with E-state index in [2.05, 4.69) is 185 Å². The van der Waals surface area contributed by atoms with Crippen molar-refractivity contribution in [2.24, 2.45) is 0 Å². The summed E-state index contributed by atoms with van der Waals surface area (Å²) < 4.78 is 4.78. The van der Waals surface area contributed by atoms with E-state index in [4.69, 9.17) is 9.97 Å². The summed E-state index contributed by atoms with van der Waals surface area (Å²) in [5, 5.41) is 8.27. The van der Waals surface area contributed by atoms with Gasteiger partial charge in [0.15, 0.2) is 5.82 Å². The predicted molar refractivity (Wildman–Crippen MR) is 217 cm³/mol. The third-order valence-corrected chi connectivity index (χ3v) is 10.5. The van der Waals surface area contributed by atoms with Gasteiger partial charge in [0.25, 0.3) is 0 Å². The van der Waals surface area contributed by atoms with Crippen LogP contribution in [0.2, 0.25) is 0 Å². The first-order valence-corrected chi connectivity index (χ1v) is 17.7. The maximum atomic E-state index is 5.29. The van der Waals surface area contributed by atoms with Gasteiger partial charge in [0.2, 0.25) is 0 Å². The van der Waals surface area contributed by atoms with Crippen molar-refractivity contribution < 1.29 is 0 Å². The zero-order valence-electron chi connectivity index (χ0n) is 28.1. The van der Waals surface area contributed by atoms with Crippen LogP contribution in [0.1, 0.15) is 0 Å². The van der Waals surface area contributed by atoms with Gasteiger partial charge in [-0.25, -0.2) is 9.97 Å². The zero-order chi connectivity index (χ0) is 34.2. The van der Waals surface area contributed by atoms with Crippen LogP contribution in [0.4, 0.5) is 0 Å². The summed E-state index contributed by atoms with van der Waals surface area (Å²) in [7, 11) is 0. The van der Waals surface area contributed by atoms with E-state index < -0.39 is 0 Å². The van der Waals surface area contributed by atoms with Crippen molar-refractivity contribution in [3.05, 3.63) is 182 Å². The van der Waals surface area contributed by atoms with Crippen LogP contribution in [0.25, 0.3) is 99.3 Å². The van der Waals surface area contributed by atoms with Gasteiger partial charge in [-0.1, -0.05) is 133 Å². The Hall–Kier alpha value is -7.04. The fourth-order valence-corrected chi connectivity index (χ4v) is 8.17. The number of rotatable bonds is 4. The van der Waals surface area contributed by atoms with E-state index in [9.17, 15) is 0 Å². The minimum absolute atomic E-state index is 0.705. The molecule has 11 rings (SSSR count). The first-order valence-electron chi connectivity index (χ1n) is 17.7. The van der Waals surface area contributed by atoms with Gasteiger partial charge in [-0.3, -0.25) is 0 Å². The largest absolute Gasteiger partial charge is 0.309 e. The zero-order valence-corrected chi connectivity index (χ0v) is 28.1. The Labute approximate surface area is 299 Å². The molecule has 0 fully saturated rings. The third-order valence-electron chi connectivity index (χ3n) is 10.5. The maximum Gasteiger partial charge on any atom is 0.160 e. The number of hydrogen-bond acceptors (Lipinski definition) is 2. The highest BCUT2D eigenvalue weighted by atomic mass is 15.0. The highest BCUT2D eigenvalue weighted by Gasteiger charge is 2.18. The molecule has 3 aromatic heterocycles. The van der Waals surface area contributed by atoms with Crippen molar-refractivity contribution in [3.8, 4) is 34.0 Å². The lowest BCUT2D eigenvalue weighted by atomic mass is 10.0. The Kier molecular flexibility index (Phi) is 6.22. The van der Waals surface area contributed by atoms with Gasteiger partial charge in [0.05, 0.1) is 33.3 Å². The van der Waals surface area contributed by atoms with Crippen LogP contribution in [0, 0.1) is 0 Å². The first-order chi connectivity index (χ1) is 25.8. The van der Waals surface area contributed by atoms with Crippen molar-refractivity contribution in [1.29, 1.82) is 0 Å². The van der Waals surface area contributed by atoms with Gasteiger partial charge in [-0.05, 0) is 53.9 Å². The molecule has 242 valence electrons. The predicted octanol–water partition coefficient (Wildman–Crippen LogP) is 12.3. The number of benzene rings is 8. The third kappa shape index (κ3) is 4.28. The van der Waals surface area contributed by atoms with Crippen LogP contribution in [0.15, 0.2) is 182 Å². The SMILES string of the molecule is c1ccc(-c2nc(-c3cccc(-n4c5ccccc5c5ccc(-n6c7ccccc7c7ccccc76)cc54)c3)nc3c2ccc2ccccc23)cc1. The molecule has 0 saturated heterocycles. The summed E-state index contributed by atoms with van der Waals surface area (Å²) in [6.45, 7) is 0. The van der Waals surface area contributed by atoms with E-state index in [1.165, 1.54) is 32.6 Å². The van der Waals surface area contributed by atoms with Gasteiger partial charge in [0, 0.05) is 54.8 Å². The number of aromatic nitrogens is 4. The van der Waals surface area contributed by atoms with Crippen LogP contribution < -0.4 is 0 Å². The number of para-hydroxylation sites is 3. The standard InChI is InChI=1S/C48H30N4/c1-2-14-32(15-3-1)46-41-27-25-31-13-4-5-18-36(31)47(41)50-48(49-46)33-16-12-17-34(29-33)52-44-24-11-8-21-39(44)40-28-26-35(30-45(40)52)51-42-22-9-6-19-37(42)38-20-7-10-23-43(38)51/h1-30H. The van der Waals surface area contributed by atoms with E-state index in [1.807, 2.05) is 6.07 Å². The highest BCUT2D eigenvalue weighted by molar-refractivity contribution is 6.12. The molecule has 52 heavy (non-hydrogen) atoms. The minimum Gasteiger partial charge on any atom is -0.309 e. The second-order valence-corrected chi connectivity index (χ2v) is 13.4. The van der Waals surface area contributed by atoms with E-state index in [1.54, 1.807) is 0 Å². The van der Waals surface area contributed by atoms with Crippen molar-refractivity contribution in [2.75, 3.05) is 0 Å². The van der Waals surface area contributed by atoms with Crippen LogP contribution in [-0.4, -0.2) is 19.1 Å². The van der Waals surface area contributed by atoms with Gasteiger partial charge < -0.3 is 9.13 Å². The smallest absolute Gasteiger partial charge is 0.160 e. The minimum atomic E-state index is 0.705. The molecule has 0 atom stereocenters. The van der Waals surface area contributed by atoms with Crippen molar-refractivity contribution >= 4 is 65.3 Å². The summed E-state index contributed by atoms with van der Waals surface area (Å²) in [6, 6.07) is 64.9. The average molecular weight is 663 g/mol. The van der Waals surface area contributed by atoms with Crippen molar-refractivity contribution in [1.82, 2.24) is 19.1 Å². The van der Waals surface area contributed by atoms with Crippen LogP contribution in [0.3, 0.4) is 0 Å². The lowest BCUT2D eigenvalue weighted by Gasteiger charge is -2.14. The molecule has 11 aromatic rings. The molecule has 0 aliphatic rings. The Morgan fingerprint density at radius 3 is 1.58 bits per heavy atom. The molecular weight excluding hydrogens is 633 g/mol. The fraction of sp³-hybridized carbons (Fsp3) is 0. The molecule has 0 aliphatic carbocycles. The average Bonchev–Trinajstić information content (AvgIpc) is 3.73. The van der Waals surface area contributed by atoms with E-state index in [-0.39, 0.29) is 0 Å². The molecule has 0 amide bonds.